The molecule has 0 aliphatic heterocycles. The average Bonchev–Trinajstić information content (AvgIpc) is 2.35. The maximum Gasteiger partial charge on any atom is 0.330 e. The molecule has 0 radical (unpaired) electrons. The zero-order valence-electron chi connectivity index (χ0n) is 11.0. The van der Waals surface area contributed by atoms with Gasteiger partial charge < -0.3 is 14.6 Å². The number of aliphatic hydroxyl groups excluding tert-OH is 1. The minimum Gasteiger partial charge on any atom is -0.469 e. The van der Waals surface area contributed by atoms with Gasteiger partial charge in [0.15, 0.2) is 0 Å². The van der Waals surface area contributed by atoms with Crippen LogP contribution in [0, 0.1) is 5.92 Å². The van der Waals surface area contributed by atoms with Gasteiger partial charge >= 0.3 is 11.9 Å². The SMILES string of the molecule is COC(=O)/C=C(/C=C/[C@@H](C)CCO)CC(=O)OC. The summed E-state index contributed by atoms with van der Waals surface area (Å²) in [6.45, 7) is 2.03. The summed E-state index contributed by atoms with van der Waals surface area (Å²) in [4.78, 5) is 22.3. The lowest BCUT2D eigenvalue weighted by Gasteiger charge is -2.04. The van der Waals surface area contributed by atoms with Gasteiger partial charge in [-0.05, 0) is 17.9 Å². The number of rotatable bonds is 7. The van der Waals surface area contributed by atoms with E-state index in [4.69, 9.17) is 5.11 Å². The Morgan fingerprint density at radius 2 is 1.94 bits per heavy atom. The molecule has 0 aromatic heterocycles. The largest absolute Gasteiger partial charge is 0.469 e. The first kappa shape index (κ1) is 16.4. The van der Waals surface area contributed by atoms with E-state index in [1.165, 1.54) is 20.3 Å². The molecule has 1 N–H and O–H groups in total. The second-order valence-corrected chi connectivity index (χ2v) is 3.84. The fourth-order valence-electron chi connectivity index (χ4n) is 1.19. The number of carbonyl (C=O) groups is 2. The first-order valence-electron chi connectivity index (χ1n) is 5.67. The van der Waals surface area contributed by atoms with Crippen LogP contribution in [-0.2, 0) is 19.1 Å². The summed E-state index contributed by atoms with van der Waals surface area (Å²) in [6, 6.07) is 0. The molecular weight excluding hydrogens is 236 g/mol. The first-order valence-corrected chi connectivity index (χ1v) is 5.67. The molecule has 0 rings (SSSR count). The maximum atomic E-state index is 11.2. The number of hydrogen-bond donors (Lipinski definition) is 1. The molecule has 0 fully saturated rings. The zero-order valence-corrected chi connectivity index (χ0v) is 11.0. The van der Waals surface area contributed by atoms with Crippen molar-refractivity contribution >= 4 is 11.9 Å². The van der Waals surface area contributed by atoms with Gasteiger partial charge in [0.2, 0.25) is 0 Å². The Morgan fingerprint density at radius 3 is 2.44 bits per heavy atom. The molecule has 5 heteroatoms. The normalized spacial score (nSPS) is 13.4. The predicted octanol–water partition coefficient (Wildman–Crippen LogP) is 1.22. The van der Waals surface area contributed by atoms with E-state index in [2.05, 4.69) is 9.47 Å². The molecule has 0 spiro atoms. The van der Waals surface area contributed by atoms with Crippen molar-refractivity contribution in [2.45, 2.75) is 19.8 Å². The molecule has 0 aliphatic carbocycles. The van der Waals surface area contributed by atoms with Gasteiger partial charge in [0.1, 0.15) is 0 Å². The maximum absolute atomic E-state index is 11.2. The zero-order chi connectivity index (χ0) is 14.0. The Hall–Kier alpha value is -1.62. The van der Waals surface area contributed by atoms with E-state index in [9.17, 15) is 9.59 Å². The van der Waals surface area contributed by atoms with Crippen LogP contribution in [0.4, 0.5) is 0 Å². The molecule has 0 aromatic rings. The smallest absolute Gasteiger partial charge is 0.330 e. The summed E-state index contributed by atoms with van der Waals surface area (Å²) < 4.78 is 9.05. The summed E-state index contributed by atoms with van der Waals surface area (Å²) in [5.41, 5.74) is 0.512. The highest BCUT2D eigenvalue weighted by atomic mass is 16.5. The van der Waals surface area contributed by atoms with E-state index in [-0.39, 0.29) is 18.9 Å². The fourth-order valence-corrected chi connectivity index (χ4v) is 1.19. The van der Waals surface area contributed by atoms with Gasteiger partial charge in [-0.15, -0.1) is 0 Å². The number of carbonyl (C=O) groups excluding carboxylic acids is 2. The van der Waals surface area contributed by atoms with Crippen LogP contribution in [0.25, 0.3) is 0 Å². The number of allylic oxidation sites excluding steroid dienone is 2. The van der Waals surface area contributed by atoms with Gasteiger partial charge in [0.05, 0.1) is 20.6 Å². The van der Waals surface area contributed by atoms with E-state index in [1.807, 2.05) is 13.0 Å². The number of ether oxygens (including phenoxy) is 2. The van der Waals surface area contributed by atoms with E-state index in [0.717, 1.165) is 0 Å². The van der Waals surface area contributed by atoms with E-state index < -0.39 is 11.9 Å². The van der Waals surface area contributed by atoms with Gasteiger partial charge in [-0.25, -0.2) is 4.79 Å². The van der Waals surface area contributed by atoms with Crippen molar-refractivity contribution in [3.05, 3.63) is 23.8 Å². The minimum absolute atomic E-state index is 0.00788. The first-order chi connectivity index (χ1) is 8.53. The number of aliphatic hydroxyl groups is 1. The number of esters is 2. The molecule has 102 valence electrons. The standard InChI is InChI=1S/C13H20O5/c1-10(6-7-14)4-5-11(8-12(15)17-2)9-13(16)18-3/h4-5,8,10,14H,6-7,9H2,1-3H3/b5-4+,11-8-/t10-/m1/s1. The summed E-state index contributed by atoms with van der Waals surface area (Å²) in [5, 5.41) is 8.77. The highest BCUT2D eigenvalue weighted by molar-refractivity contribution is 5.85. The Morgan fingerprint density at radius 1 is 1.28 bits per heavy atom. The lowest BCUT2D eigenvalue weighted by atomic mass is 10.0. The molecule has 0 unspecified atom stereocenters. The van der Waals surface area contributed by atoms with Gasteiger partial charge in [-0.3, -0.25) is 4.79 Å². The Labute approximate surface area is 107 Å². The van der Waals surface area contributed by atoms with Crippen molar-refractivity contribution in [1.29, 1.82) is 0 Å². The Balaban J connectivity index is 4.71. The van der Waals surface area contributed by atoms with Gasteiger partial charge in [0, 0.05) is 12.7 Å². The van der Waals surface area contributed by atoms with Crippen LogP contribution in [0.15, 0.2) is 23.8 Å². The van der Waals surface area contributed by atoms with Gasteiger partial charge in [0.25, 0.3) is 0 Å². The molecular formula is C13H20O5. The summed E-state index contributed by atoms with van der Waals surface area (Å²) >= 11 is 0. The van der Waals surface area contributed by atoms with Crippen LogP contribution >= 0.6 is 0 Å². The average molecular weight is 256 g/mol. The molecule has 0 aliphatic rings. The summed E-state index contributed by atoms with van der Waals surface area (Å²) in [7, 11) is 2.56. The van der Waals surface area contributed by atoms with Crippen molar-refractivity contribution in [3.8, 4) is 0 Å². The minimum atomic E-state index is -0.520. The van der Waals surface area contributed by atoms with Crippen molar-refractivity contribution in [2.24, 2.45) is 5.92 Å². The van der Waals surface area contributed by atoms with Crippen LogP contribution in [0.2, 0.25) is 0 Å². The quantitative estimate of drug-likeness (QED) is 0.421. The van der Waals surface area contributed by atoms with E-state index in [0.29, 0.717) is 12.0 Å². The molecule has 0 bridgehead atoms. The molecule has 18 heavy (non-hydrogen) atoms. The highest BCUT2D eigenvalue weighted by Gasteiger charge is 2.06. The van der Waals surface area contributed by atoms with E-state index in [1.54, 1.807) is 6.08 Å². The molecule has 0 saturated heterocycles. The van der Waals surface area contributed by atoms with Crippen molar-refractivity contribution < 1.29 is 24.2 Å². The monoisotopic (exact) mass is 256 g/mol. The molecule has 0 aromatic carbocycles. The third kappa shape index (κ3) is 7.62. The molecule has 1 atom stereocenters. The van der Waals surface area contributed by atoms with Crippen LogP contribution in [0.1, 0.15) is 19.8 Å². The van der Waals surface area contributed by atoms with Crippen LogP contribution in [0.5, 0.6) is 0 Å². The van der Waals surface area contributed by atoms with Gasteiger partial charge in [-0.1, -0.05) is 19.1 Å². The lowest BCUT2D eigenvalue weighted by molar-refractivity contribution is -0.139. The molecule has 0 saturated carbocycles. The number of hydrogen-bond acceptors (Lipinski definition) is 5. The second kappa shape index (κ2) is 9.41. The topological polar surface area (TPSA) is 72.8 Å². The predicted molar refractivity (Wildman–Crippen MR) is 66.7 cm³/mol. The van der Waals surface area contributed by atoms with Gasteiger partial charge in [-0.2, -0.15) is 0 Å². The van der Waals surface area contributed by atoms with Crippen molar-refractivity contribution in [2.75, 3.05) is 20.8 Å². The third-order valence-corrected chi connectivity index (χ3v) is 2.30. The second-order valence-electron chi connectivity index (χ2n) is 3.84. The Bertz CT molecular complexity index is 330. The molecule has 0 heterocycles. The van der Waals surface area contributed by atoms with Crippen molar-refractivity contribution in [3.63, 3.8) is 0 Å². The van der Waals surface area contributed by atoms with Crippen molar-refractivity contribution in [1.82, 2.24) is 0 Å². The number of methoxy groups -OCH3 is 2. The van der Waals surface area contributed by atoms with Crippen LogP contribution in [0.3, 0.4) is 0 Å². The summed E-state index contributed by atoms with van der Waals surface area (Å²) in [6.07, 6.45) is 5.38. The third-order valence-electron chi connectivity index (χ3n) is 2.30. The Kier molecular flexibility index (Phi) is 8.57. The lowest BCUT2D eigenvalue weighted by Crippen LogP contribution is -2.04. The van der Waals surface area contributed by atoms with E-state index >= 15 is 0 Å². The highest BCUT2D eigenvalue weighted by Crippen LogP contribution is 2.10. The van der Waals surface area contributed by atoms with Crippen LogP contribution in [-0.4, -0.2) is 37.9 Å². The molecule has 0 amide bonds. The summed E-state index contributed by atoms with van der Waals surface area (Å²) in [5.74, 6) is -0.785. The van der Waals surface area contributed by atoms with Crippen LogP contribution < -0.4 is 0 Å². The fraction of sp³-hybridized carbons (Fsp3) is 0.538. The molecule has 5 nitrogen and oxygen atoms in total.